The van der Waals surface area contributed by atoms with Gasteiger partial charge in [0.05, 0.1) is 6.42 Å². The third-order valence-corrected chi connectivity index (χ3v) is 3.66. The molecule has 0 radical (unpaired) electrons. The Morgan fingerprint density at radius 1 is 1.42 bits per heavy atom. The second-order valence-electron chi connectivity index (χ2n) is 5.03. The summed E-state index contributed by atoms with van der Waals surface area (Å²) in [5, 5.41) is 11.7. The minimum absolute atomic E-state index is 0.0105. The van der Waals surface area contributed by atoms with E-state index in [0.717, 1.165) is 22.9 Å². The third-order valence-electron chi connectivity index (χ3n) is 3.21. The fourth-order valence-electron chi connectivity index (χ4n) is 2.14. The van der Waals surface area contributed by atoms with E-state index in [1.54, 1.807) is 12.1 Å². The Hall–Kier alpha value is -1.36. The highest BCUT2D eigenvalue weighted by Crippen LogP contribution is 2.34. The predicted octanol–water partition coefficient (Wildman–Crippen LogP) is 2.74. The Balaban J connectivity index is 2.07. The van der Waals surface area contributed by atoms with Gasteiger partial charge in [-0.2, -0.15) is 0 Å². The number of carboxylic acid groups (broad SMARTS) is 1. The monoisotopic (exact) mass is 325 g/mol. The van der Waals surface area contributed by atoms with E-state index >= 15 is 0 Å². The van der Waals surface area contributed by atoms with Gasteiger partial charge in [-0.25, -0.2) is 0 Å². The Bertz CT molecular complexity index is 491. The van der Waals surface area contributed by atoms with Gasteiger partial charge in [0.2, 0.25) is 0 Å². The molecule has 0 aromatic heterocycles. The number of carboxylic acids is 1. The van der Waals surface area contributed by atoms with Crippen molar-refractivity contribution in [2.75, 3.05) is 0 Å². The van der Waals surface area contributed by atoms with Crippen LogP contribution in [-0.2, 0) is 4.79 Å². The predicted molar refractivity (Wildman–Crippen MR) is 75.1 cm³/mol. The van der Waals surface area contributed by atoms with Crippen molar-refractivity contribution in [1.82, 2.24) is 5.32 Å². The lowest BCUT2D eigenvalue weighted by Gasteiger charge is -2.16. The highest BCUT2D eigenvalue weighted by Gasteiger charge is 2.33. The zero-order valence-corrected chi connectivity index (χ0v) is 12.2. The summed E-state index contributed by atoms with van der Waals surface area (Å²) in [5.41, 5.74) is 1.55. The van der Waals surface area contributed by atoms with E-state index in [2.05, 4.69) is 21.2 Å². The first kappa shape index (κ1) is 14.1. The maximum Gasteiger partial charge on any atom is 0.305 e. The van der Waals surface area contributed by atoms with Gasteiger partial charge in [0.1, 0.15) is 0 Å². The fraction of sp³-hybridized carbons (Fsp3) is 0.429. The summed E-state index contributed by atoms with van der Waals surface area (Å²) in [6.07, 6.45) is 1.98. The summed E-state index contributed by atoms with van der Waals surface area (Å²) in [7, 11) is 0. The van der Waals surface area contributed by atoms with Crippen LogP contribution in [0, 0.1) is 12.8 Å². The Morgan fingerprint density at radius 2 is 2.11 bits per heavy atom. The van der Waals surface area contributed by atoms with Gasteiger partial charge in [-0.1, -0.05) is 15.9 Å². The zero-order valence-electron chi connectivity index (χ0n) is 10.6. The average Bonchev–Trinajstić information content (AvgIpc) is 3.09. The minimum Gasteiger partial charge on any atom is -0.481 e. The number of amides is 1. The van der Waals surface area contributed by atoms with Gasteiger partial charge in [0.25, 0.3) is 5.91 Å². The quantitative estimate of drug-likeness (QED) is 0.874. The number of halogens is 1. The Kier molecular flexibility index (Phi) is 4.24. The van der Waals surface area contributed by atoms with Crippen LogP contribution in [0.4, 0.5) is 0 Å². The second-order valence-corrected chi connectivity index (χ2v) is 5.95. The molecule has 1 aromatic carbocycles. The lowest BCUT2D eigenvalue weighted by molar-refractivity contribution is -0.137. The van der Waals surface area contributed by atoms with Crippen molar-refractivity contribution in [2.24, 2.45) is 5.92 Å². The molecule has 2 rings (SSSR count). The maximum atomic E-state index is 12.1. The van der Waals surface area contributed by atoms with Gasteiger partial charge in [-0.15, -0.1) is 0 Å². The number of aryl methyl sites for hydroxylation is 1. The summed E-state index contributed by atoms with van der Waals surface area (Å²) < 4.78 is 0.846. The molecule has 1 aromatic rings. The van der Waals surface area contributed by atoms with Crippen molar-refractivity contribution in [3.05, 3.63) is 33.8 Å². The van der Waals surface area contributed by atoms with Crippen LogP contribution in [0.3, 0.4) is 0 Å². The van der Waals surface area contributed by atoms with E-state index in [9.17, 15) is 9.59 Å². The molecule has 19 heavy (non-hydrogen) atoms. The number of aliphatic carboxylic acids is 1. The molecule has 2 N–H and O–H groups in total. The van der Waals surface area contributed by atoms with Crippen molar-refractivity contribution in [3.8, 4) is 0 Å². The molecule has 1 aliphatic carbocycles. The van der Waals surface area contributed by atoms with Crippen molar-refractivity contribution in [3.63, 3.8) is 0 Å². The van der Waals surface area contributed by atoms with Gasteiger partial charge in [-0.3, -0.25) is 9.59 Å². The first-order chi connectivity index (χ1) is 8.95. The normalized spacial score (nSPS) is 15.9. The van der Waals surface area contributed by atoms with Gasteiger partial charge in [0.15, 0.2) is 0 Å². The molecule has 0 aliphatic heterocycles. The molecule has 1 saturated carbocycles. The summed E-state index contributed by atoms with van der Waals surface area (Å²) in [5.74, 6) is -0.765. The summed E-state index contributed by atoms with van der Waals surface area (Å²) in [6.45, 7) is 1.91. The van der Waals surface area contributed by atoms with E-state index in [4.69, 9.17) is 5.11 Å². The van der Waals surface area contributed by atoms with Crippen molar-refractivity contribution in [1.29, 1.82) is 0 Å². The Morgan fingerprint density at radius 3 is 2.63 bits per heavy atom. The van der Waals surface area contributed by atoms with Crippen LogP contribution < -0.4 is 5.32 Å². The van der Waals surface area contributed by atoms with Crippen molar-refractivity contribution >= 4 is 27.8 Å². The molecule has 1 amide bonds. The molecule has 1 aliphatic rings. The van der Waals surface area contributed by atoms with Crippen LogP contribution in [0.15, 0.2) is 22.7 Å². The van der Waals surface area contributed by atoms with Gasteiger partial charge >= 0.3 is 5.97 Å². The third kappa shape index (κ3) is 4.06. The largest absolute Gasteiger partial charge is 0.481 e. The maximum absolute atomic E-state index is 12.1. The summed E-state index contributed by atoms with van der Waals surface area (Å²) >= 11 is 3.35. The van der Waals surface area contributed by atoms with Crippen LogP contribution in [-0.4, -0.2) is 23.0 Å². The first-order valence-corrected chi connectivity index (χ1v) is 7.05. The molecular formula is C14H16BrNO3. The van der Waals surface area contributed by atoms with Crippen LogP contribution in [0.1, 0.15) is 35.2 Å². The number of nitrogens with one attached hydrogen (secondary N) is 1. The molecule has 1 atom stereocenters. The van der Waals surface area contributed by atoms with E-state index in [0.29, 0.717) is 11.5 Å². The number of rotatable bonds is 5. The van der Waals surface area contributed by atoms with E-state index in [-0.39, 0.29) is 18.4 Å². The molecule has 1 fully saturated rings. The molecule has 0 bridgehead atoms. The van der Waals surface area contributed by atoms with Crippen LogP contribution in [0.25, 0.3) is 0 Å². The standard InChI is InChI=1S/C14H16BrNO3/c1-8-4-10(6-11(15)5-8)14(19)16-12(7-13(17)18)9-2-3-9/h4-6,9,12H,2-3,7H2,1H3,(H,16,19)(H,17,18). The highest BCUT2D eigenvalue weighted by molar-refractivity contribution is 9.10. The first-order valence-electron chi connectivity index (χ1n) is 6.25. The van der Waals surface area contributed by atoms with E-state index < -0.39 is 5.97 Å². The van der Waals surface area contributed by atoms with Gasteiger partial charge < -0.3 is 10.4 Å². The average molecular weight is 326 g/mol. The lowest BCUT2D eigenvalue weighted by Crippen LogP contribution is -2.38. The fourth-order valence-corrected chi connectivity index (χ4v) is 2.75. The molecule has 0 saturated heterocycles. The van der Waals surface area contributed by atoms with Crippen LogP contribution in [0.2, 0.25) is 0 Å². The van der Waals surface area contributed by atoms with Crippen LogP contribution >= 0.6 is 15.9 Å². The van der Waals surface area contributed by atoms with Crippen molar-refractivity contribution in [2.45, 2.75) is 32.2 Å². The number of carbonyl (C=O) groups excluding carboxylic acids is 1. The number of hydrogen-bond donors (Lipinski definition) is 2. The lowest BCUT2D eigenvalue weighted by atomic mass is 10.1. The smallest absolute Gasteiger partial charge is 0.305 e. The summed E-state index contributed by atoms with van der Waals surface area (Å²) in [6, 6.07) is 5.20. The van der Waals surface area contributed by atoms with E-state index in [1.807, 2.05) is 13.0 Å². The Labute approximate surface area is 120 Å². The topological polar surface area (TPSA) is 66.4 Å². The molecular weight excluding hydrogens is 310 g/mol. The zero-order chi connectivity index (χ0) is 14.0. The second kappa shape index (κ2) is 5.74. The van der Waals surface area contributed by atoms with Gasteiger partial charge in [0, 0.05) is 16.1 Å². The number of benzene rings is 1. The molecule has 1 unspecified atom stereocenters. The van der Waals surface area contributed by atoms with Gasteiger partial charge in [-0.05, 0) is 49.4 Å². The molecule has 4 nitrogen and oxygen atoms in total. The highest BCUT2D eigenvalue weighted by atomic mass is 79.9. The van der Waals surface area contributed by atoms with Crippen LogP contribution in [0.5, 0.6) is 0 Å². The molecule has 102 valence electrons. The summed E-state index contributed by atoms with van der Waals surface area (Å²) in [4.78, 5) is 23.0. The molecule has 5 heteroatoms. The molecule has 0 spiro atoms. The molecule has 0 heterocycles. The SMILES string of the molecule is Cc1cc(Br)cc(C(=O)NC(CC(=O)O)C2CC2)c1. The van der Waals surface area contributed by atoms with Crippen molar-refractivity contribution < 1.29 is 14.7 Å². The number of hydrogen-bond acceptors (Lipinski definition) is 2. The number of carbonyl (C=O) groups is 2. The minimum atomic E-state index is -0.873. The van der Waals surface area contributed by atoms with E-state index in [1.165, 1.54) is 0 Å².